The molecule has 1 aromatic carbocycles. The first-order valence-electron chi connectivity index (χ1n) is 8.97. The quantitative estimate of drug-likeness (QED) is 0.793. The fourth-order valence-electron chi connectivity index (χ4n) is 2.78. The summed E-state index contributed by atoms with van der Waals surface area (Å²) in [6, 6.07) is 7.64. The molecule has 2 rings (SSSR count). The highest BCUT2D eigenvalue weighted by atomic mass is 16.5. The molecule has 0 unspecified atom stereocenters. The van der Waals surface area contributed by atoms with Crippen LogP contribution < -0.4 is 15.4 Å². The lowest BCUT2D eigenvalue weighted by molar-refractivity contribution is -0.00874. The number of carbonyl (C=O) groups is 1. The molecule has 6 heteroatoms. The van der Waals surface area contributed by atoms with Gasteiger partial charge in [-0.1, -0.05) is 12.1 Å². The summed E-state index contributed by atoms with van der Waals surface area (Å²) >= 11 is 0. The van der Waals surface area contributed by atoms with E-state index in [1.807, 2.05) is 38.1 Å². The van der Waals surface area contributed by atoms with Crippen molar-refractivity contribution in [1.82, 2.24) is 15.5 Å². The summed E-state index contributed by atoms with van der Waals surface area (Å²) < 4.78 is 11.0. The Morgan fingerprint density at radius 2 is 1.84 bits per heavy atom. The highest BCUT2D eigenvalue weighted by Crippen LogP contribution is 2.15. The molecule has 0 atom stereocenters. The molecule has 2 amide bonds. The zero-order chi connectivity index (χ0) is 18.3. The van der Waals surface area contributed by atoms with Gasteiger partial charge in [-0.25, -0.2) is 4.79 Å². The first-order chi connectivity index (χ1) is 11.9. The Bertz CT molecular complexity index is 537. The summed E-state index contributed by atoms with van der Waals surface area (Å²) in [5.41, 5.74) is 0.954. The van der Waals surface area contributed by atoms with Crippen molar-refractivity contribution in [3.05, 3.63) is 29.8 Å². The van der Waals surface area contributed by atoms with Crippen molar-refractivity contribution in [3.8, 4) is 5.75 Å². The minimum atomic E-state index is -0.149. The van der Waals surface area contributed by atoms with Gasteiger partial charge in [-0.15, -0.1) is 0 Å². The smallest absolute Gasteiger partial charge is 0.315 e. The van der Waals surface area contributed by atoms with Gasteiger partial charge >= 0.3 is 6.03 Å². The van der Waals surface area contributed by atoms with E-state index in [2.05, 4.69) is 29.4 Å². The zero-order valence-electron chi connectivity index (χ0n) is 15.8. The van der Waals surface area contributed by atoms with Crippen LogP contribution >= 0.6 is 0 Å². The summed E-state index contributed by atoms with van der Waals surface area (Å²) in [5, 5.41) is 5.87. The van der Waals surface area contributed by atoms with Crippen LogP contribution in [0.3, 0.4) is 0 Å². The van der Waals surface area contributed by atoms with E-state index < -0.39 is 0 Å². The lowest BCUT2D eigenvalue weighted by atomic mass is 10.0. The number of hydrogen-bond acceptors (Lipinski definition) is 4. The average Bonchev–Trinajstić information content (AvgIpc) is 2.60. The second-order valence-electron chi connectivity index (χ2n) is 7.26. The van der Waals surface area contributed by atoms with Gasteiger partial charge in [0.2, 0.25) is 0 Å². The molecular weight excluding hydrogens is 318 g/mol. The number of morpholine rings is 1. The molecule has 1 heterocycles. The topological polar surface area (TPSA) is 62.8 Å². The van der Waals surface area contributed by atoms with Gasteiger partial charge in [-0.2, -0.15) is 0 Å². The van der Waals surface area contributed by atoms with Gasteiger partial charge in [0.05, 0.1) is 19.3 Å². The Hall–Kier alpha value is -1.79. The Morgan fingerprint density at radius 3 is 2.44 bits per heavy atom. The van der Waals surface area contributed by atoms with E-state index in [1.165, 1.54) is 0 Å². The second-order valence-corrected chi connectivity index (χ2v) is 7.26. The Balaban J connectivity index is 1.73. The standard InChI is InChI=1S/C19H31N3O3/c1-15(2)25-17-7-5-16(6-8-17)13-20-18(23)21-14-19(3,4)22-9-11-24-12-10-22/h5-8,15H,9-14H2,1-4H3,(H2,20,21,23). The maximum atomic E-state index is 12.1. The predicted molar refractivity (Wildman–Crippen MR) is 98.9 cm³/mol. The Labute approximate surface area is 150 Å². The molecule has 0 spiro atoms. The molecule has 25 heavy (non-hydrogen) atoms. The molecule has 0 aromatic heterocycles. The Morgan fingerprint density at radius 1 is 1.20 bits per heavy atom. The third-order valence-electron chi connectivity index (χ3n) is 4.30. The van der Waals surface area contributed by atoms with Gasteiger partial charge in [0.1, 0.15) is 5.75 Å². The van der Waals surface area contributed by atoms with Crippen molar-refractivity contribution in [2.24, 2.45) is 0 Å². The van der Waals surface area contributed by atoms with Crippen LogP contribution in [0.2, 0.25) is 0 Å². The maximum absolute atomic E-state index is 12.1. The molecule has 1 aromatic rings. The monoisotopic (exact) mass is 349 g/mol. The van der Waals surface area contributed by atoms with E-state index in [-0.39, 0.29) is 17.7 Å². The van der Waals surface area contributed by atoms with E-state index in [4.69, 9.17) is 9.47 Å². The third kappa shape index (κ3) is 6.55. The highest BCUT2D eigenvalue weighted by molar-refractivity contribution is 5.73. The van der Waals surface area contributed by atoms with Gasteiger partial charge in [0, 0.05) is 31.7 Å². The molecule has 6 nitrogen and oxygen atoms in total. The summed E-state index contributed by atoms with van der Waals surface area (Å²) in [6.07, 6.45) is 0.157. The number of carbonyl (C=O) groups excluding carboxylic acids is 1. The van der Waals surface area contributed by atoms with Crippen LogP contribution in [0.1, 0.15) is 33.3 Å². The number of nitrogens with zero attached hydrogens (tertiary/aromatic N) is 1. The molecular formula is C19H31N3O3. The largest absolute Gasteiger partial charge is 0.491 e. The van der Waals surface area contributed by atoms with Crippen LogP contribution in [0.4, 0.5) is 4.79 Å². The van der Waals surface area contributed by atoms with E-state index in [1.54, 1.807) is 0 Å². The average molecular weight is 349 g/mol. The van der Waals surface area contributed by atoms with Crippen molar-refractivity contribution in [3.63, 3.8) is 0 Å². The van der Waals surface area contributed by atoms with Crippen LogP contribution in [0.25, 0.3) is 0 Å². The maximum Gasteiger partial charge on any atom is 0.315 e. The Kier molecular flexibility index (Phi) is 7.08. The number of benzene rings is 1. The number of urea groups is 1. The van der Waals surface area contributed by atoms with Crippen LogP contribution in [0.15, 0.2) is 24.3 Å². The second kappa shape index (κ2) is 9.06. The first kappa shape index (κ1) is 19.5. The van der Waals surface area contributed by atoms with Crippen molar-refractivity contribution >= 4 is 6.03 Å². The molecule has 140 valence electrons. The SMILES string of the molecule is CC(C)Oc1ccc(CNC(=O)NCC(C)(C)N2CCOCC2)cc1. The van der Waals surface area contributed by atoms with Crippen LogP contribution in [0, 0.1) is 0 Å². The van der Waals surface area contributed by atoms with Crippen molar-refractivity contribution in [2.45, 2.75) is 45.9 Å². The van der Waals surface area contributed by atoms with Gasteiger partial charge in [-0.3, -0.25) is 4.90 Å². The summed E-state index contributed by atoms with van der Waals surface area (Å²) in [4.78, 5) is 14.4. The lowest BCUT2D eigenvalue weighted by Crippen LogP contribution is -2.56. The number of rotatable bonds is 7. The number of amides is 2. The molecule has 2 N–H and O–H groups in total. The molecule has 1 aliphatic heterocycles. The van der Waals surface area contributed by atoms with Gasteiger partial charge in [0.25, 0.3) is 0 Å². The zero-order valence-corrected chi connectivity index (χ0v) is 15.8. The van der Waals surface area contributed by atoms with Crippen LogP contribution in [-0.4, -0.2) is 55.4 Å². The summed E-state index contributed by atoms with van der Waals surface area (Å²) in [5.74, 6) is 0.843. The molecule has 1 saturated heterocycles. The molecule has 0 bridgehead atoms. The highest BCUT2D eigenvalue weighted by Gasteiger charge is 2.28. The van der Waals surface area contributed by atoms with Gasteiger partial charge in [0.15, 0.2) is 0 Å². The normalized spacial score (nSPS) is 15.9. The molecule has 0 saturated carbocycles. The predicted octanol–water partition coefficient (Wildman–Crippen LogP) is 2.38. The fourth-order valence-corrected chi connectivity index (χ4v) is 2.78. The van der Waals surface area contributed by atoms with Crippen molar-refractivity contribution < 1.29 is 14.3 Å². The van der Waals surface area contributed by atoms with Gasteiger partial charge < -0.3 is 20.1 Å². The fraction of sp³-hybridized carbons (Fsp3) is 0.632. The lowest BCUT2D eigenvalue weighted by Gasteiger charge is -2.40. The molecule has 0 aliphatic carbocycles. The first-order valence-corrected chi connectivity index (χ1v) is 8.97. The molecule has 1 aliphatic rings. The van der Waals surface area contributed by atoms with Crippen LogP contribution in [-0.2, 0) is 11.3 Å². The summed E-state index contributed by atoms with van der Waals surface area (Å²) in [6.45, 7) is 12.7. The van der Waals surface area contributed by atoms with E-state index in [9.17, 15) is 4.79 Å². The van der Waals surface area contributed by atoms with Gasteiger partial charge in [-0.05, 0) is 45.4 Å². The molecule has 0 radical (unpaired) electrons. The number of ether oxygens (including phenoxy) is 2. The minimum Gasteiger partial charge on any atom is -0.491 e. The summed E-state index contributed by atoms with van der Waals surface area (Å²) in [7, 11) is 0. The molecule has 1 fully saturated rings. The van der Waals surface area contributed by atoms with Crippen LogP contribution in [0.5, 0.6) is 5.75 Å². The third-order valence-corrected chi connectivity index (χ3v) is 4.30. The number of hydrogen-bond donors (Lipinski definition) is 2. The van der Waals surface area contributed by atoms with E-state index in [0.717, 1.165) is 37.6 Å². The van der Waals surface area contributed by atoms with Crippen molar-refractivity contribution in [1.29, 1.82) is 0 Å². The van der Waals surface area contributed by atoms with Crippen molar-refractivity contribution in [2.75, 3.05) is 32.8 Å². The van der Waals surface area contributed by atoms with E-state index >= 15 is 0 Å². The minimum absolute atomic E-state index is 0.0864. The number of nitrogens with one attached hydrogen (secondary N) is 2. The van der Waals surface area contributed by atoms with E-state index in [0.29, 0.717) is 13.1 Å².